The zero-order chi connectivity index (χ0) is 30.0. The molecule has 3 unspecified atom stereocenters. The standard InChI is InChI=1S/C32H33N5O6/c1-33-31-35-29-28(30(39)36-31)34-19-37(29)27-17-25(38)26(43-27)18-42-32(20-7-5-4-6-8-20,21-9-13-23(40-2)14-10-21)22-11-15-24(41-3)16-12-22/h4-16,19,25-27,38H,17-18H2,1-3H3,(H2,33,35,36,39). The summed E-state index contributed by atoms with van der Waals surface area (Å²) in [5.74, 6) is 1.75. The predicted molar refractivity (Wildman–Crippen MR) is 160 cm³/mol. The van der Waals surface area contributed by atoms with E-state index >= 15 is 0 Å². The molecule has 1 saturated heterocycles. The number of aromatic amines is 1. The van der Waals surface area contributed by atoms with Gasteiger partial charge in [-0.3, -0.25) is 14.3 Å². The van der Waals surface area contributed by atoms with Crippen LogP contribution in [0.25, 0.3) is 11.2 Å². The molecule has 0 radical (unpaired) electrons. The number of nitrogens with one attached hydrogen (secondary N) is 2. The van der Waals surface area contributed by atoms with Gasteiger partial charge in [0.2, 0.25) is 5.95 Å². The van der Waals surface area contributed by atoms with Crippen molar-refractivity contribution >= 4 is 17.1 Å². The lowest BCUT2D eigenvalue weighted by atomic mass is 9.80. The number of imidazole rings is 1. The summed E-state index contributed by atoms with van der Waals surface area (Å²) in [6.07, 6.45) is -0.329. The molecule has 1 aliphatic rings. The summed E-state index contributed by atoms with van der Waals surface area (Å²) in [5.41, 5.74) is 1.78. The van der Waals surface area contributed by atoms with Gasteiger partial charge in [-0.25, -0.2) is 4.98 Å². The number of nitrogens with zero attached hydrogens (tertiary/aromatic N) is 3. The summed E-state index contributed by atoms with van der Waals surface area (Å²) >= 11 is 0. The minimum Gasteiger partial charge on any atom is -0.497 e. The highest BCUT2D eigenvalue weighted by atomic mass is 16.6. The van der Waals surface area contributed by atoms with Gasteiger partial charge < -0.3 is 29.4 Å². The SMILES string of the molecule is CNc1nc2c(ncn2C2CC(O)C(COC(c3ccccc3)(c3ccc(OC)cc3)c3ccc(OC)cc3)O2)c(=O)[nH]1. The summed E-state index contributed by atoms with van der Waals surface area (Å²) in [6.45, 7) is 0.0625. The molecule has 0 amide bonds. The first-order chi connectivity index (χ1) is 21.0. The van der Waals surface area contributed by atoms with Crippen LogP contribution >= 0.6 is 0 Å². The van der Waals surface area contributed by atoms with Crippen molar-refractivity contribution in [2.24, 2.45) is 0 Å². The second kappa shape index (κ2) is 11.9. The molecule has 222 valence electrons. The molecule has 5 aromatic rings. The van der Waals surface area contributed by atoms with E-state index in [-0.39, 0.29) is 24.1 Å². The molecule has 43 heavy (non-hydrogen) atoms. The van der Waals surface area contributed by atoms with Gasteiger partial charge in [-0.2, -0.15) is 4.98 Å². The average molecular weight is 584 g/mol. The molecule has 1 aliphatic heterocycles. The Kier molecular flexibility index (Phi) is 7.85. The molecule has 1 fully saturated rings. The fourth-order valence-corrected chi connectivity index (χ4v) is 5.57. The molecule has 11 heteroatoms. The van der Waals surface area contributed by atoms with E-state index in [0.717, 1.165) is 28.2 Å². The Labute approximate surface area is 248 Å². The van der Waals surface area contributed by atoms with Crippen LogP contribution in [0, 0.1) is 0 Å². The Hall–Kier alpha value is -4.71. The minimum atomic E-state index is -1.06. The number of H-pyrrole nitrogens is 1. The lowest BCUT2D eigenvalue weighted by molar-refractivity contribution is -0.0931. The normalized spacial score (nSPS) is 18.6. The van der Waals surface area contributed by atoms with Gasteiger partial charge in [0, 0.05) is 13.5 Å². The van der Waals surface area contributed by atoms with Crippen molar-refractivity contribution in [1.29, 1.82) is 0 Å². The van der Waals surface area contributed by atoms with Gasteiger partial charge in [0.05, 0.1) is 33.3 Å². The summed E-state index contributed by atoms with van der Waals surface area (Å²) in [6, 6.07) is 25.4. The van der Waals surface area contributed by atoms with Gasteiger partial charge in [0.15, 0.2) is 11.2 Å². The Bertz CT molecular complexity index is 1690. The van der Waals surface area contributed by atoms with Crippen molar-refractivity contribution in [2.45, 2.75) is 30.5 Å². The number of aromatic nitrogens is 4. The number of hydrogen-bond acceptors (Lipinski definition) is 9. The van der Waals surface area contributed by atoms with Crippen LogP contribution in [0.1, 0.15) is 29.3 Å². The second-order valence-corrected chi connectivity index (χ2v) is 10.2. The lowest BCUT2D eigenvalue weighted by Gasteiger charge is -2.37. The first-order valence-corrected chi connectivity index (χ1v) is 13.9. The largest absolute Gasteiger partial charge is 0.497 e. The average Bonchev–Trinajstić information content (AvgIpc) is 3.65. The van der Waals surface area contributed by atoms with Crippen LogP contribution in [0.5, 0.6) is 11.5 Å². The molecule has 0 bridgehead atoms. The third-order valence-corrected chi connectivity index (χ3v) is 7.82. The van der Waals surface area contributed by atoms with Crippen molar-refractivity contribution in [3.05, 3.63) is 112 Å². The van der Waals surface area contributed by atoms with Crippen molar-refractivity contribution in [3.8, 4) is 11.5 Å². The van der Waals surface area contributed by atoms with E-state index in [0.29, 0.717) is 11.6 Å². The van der Waals surface area contributed by atoms with E-state index in [4.69, 9.17) is 18.9 Å². The van der Waals surface area contributed by atoms with Crippen molar-refractivity contribution in [1.82, 2.24) is 19.5 Å². The number of anilines is 1. The highest BCUT2D eigenvalue weighted by molar-refractivity contribution is 5.70. The van der Waals surface area contributed by atoms with Gasteiger partial charge >= 0.3 is 0 Å². The van der Waals surface area contributed by atoms with Crippen LogP contribution in [0.4, 0.5) is 5.95 Å². The second-order valence-electron chi connectivity index (χ2n) is 10.2. The van der Waals surface area contributed by atoms with Crippen LogP contribution in [-0.4, -0.2) is 64.7 Å². The van der Waals surface area contributed by atoms with Crippen LogP contribution in [-0.2, 0) is 15.1 Å². The fraction of sp³-hybridized carbons (Fsp3) is 0.281. The van der Waals surface area contributed by atoms with Crippen molar-refractivity contribution in [2.75, 3.05) is 33.2 Å². The third-order valence-electron chi connectivity index (χ3n) is 7.82. The molecule has 3 heterocycles. The summed E-state index contributed by atoms with van der Waals surface area (Å²) in [5, 5.41) is 14.0. The Morgan fingerprint density at radius 1 is 0.977 bits per heavy atom. The van der Waals surface area contributed by atoms with Crippen LogP contribution < -0.4 is 20.3 Å². The van der Waals surface area contributed by atoms with Crippen LogP contribution in [0.15, 0.2) is 90.0 Å². The van der Waals surface area contributed by atoms with Gasteiger partial charge in [-0.1, -0.05) is 54.6 Å². The molecule has 0 spiro atoms. The minimum absolute atomic E-state index is 0.0625. The van der Waals surface area contributed by atoms with Gasteiger partial charge in [-0.15, -0.1) is 0 Å². The predicted octanol–water partition coefficient (Wildman–Crippen LogP) is 3.84. The van der Waals surface area contributed by atoms with Crippen LogP contribution in [0.3, 0.4) is 0 Å². The molecule has 0 aliphatic carbocycles. The maximum atomic E-state index is 12.5. The highest BCUT2D eigenvalue weighted by Crippen LogP contribution is 2.43. The Balaban J connectivity index is 1.37. The summed E-state index contributed by atoms with van der Waals surface area (Å²) < 4.78 is 25.8. The number of methoxy groups -OCH3 is 2. The quantitative estimate of drug-likeness (QED) is 0.210. The van der Waals surface area contributed by atoms with E-state index in [2.05, 4.69) is 20.3 Å². The number of aliphatic hydroxyl groups excluding tert-OH is 1. The molecule has 0 saturated carbocycles. The number of ether oxygens (including phenoxy) is 4. The van der Waals surface area contributed by atoms with Gasteiger partial charge in [0.25, 0.3) is 5.56 Å². The molecule has 2 aromatic heterocycles. The molecule has 11 nitrogen and oxygen atoms in total. The van der Waals surface area contributed by atoms with E-state index < -0.39 is 24.0 Å². The zero-order valence-electron chi connectivity index (χ0n) is 24.1. The maximum Gasteiger partial charge on any atom is 0.280 e. The molecule has 3 N–H and O–H groups in total. The van der Waals surface area contributed by atoms with Crippen molar-refractivity contribution < 1.29 is 24.1 Å². The summed E-state index contributed by atoms with van der Waals surface area (Å²) in [4.78, 5) is 23.8. The number of aliphatic hydroxyl groups is 1. The number of fused-ring (bicyclic) bond motifs is 1. The topological polar surface area (TPSA) is 133 Å². The first kappa shape index (κ1) is 28.4. The van der Waals surface area contributed by atoms with E-state index in [9.17, 15) is 9.90 Å². The number of benzene rings is 3. The van der Waals surface area contributed by atoms with E-state index in [1.54, 1.807) is 25.8 Å². The highest BCUT2D eigenvalue weighted by Gasteiger charge is 2.42. The lowest BCUT2D eigenvalue weighted by Crippen LogP contribution is -2.38. The monoisotopic (exact) mass is 583 g/mol. The molecule has 3 aromatic carbocycles. The molecular formula is C32H33N5O6. The van der Waals surface area contributed by atoms with E-state index in [1.165, 1.54) is 6.33 Å². The molecular weight excluding hydrogens is 550 g/mol. The van der Waals surface area contributed by atoms with Gasteiger partial charge in [0.1, 0.15) is 29.4 Å². The smallest absolute Gasteiger partial charge is 0.280 e. The fourth-order valence-electron chi connectivity index (χ4n) is 5.57. The Morgan fingerprint density at radius 2 is 1.58 bits per heavy atom. The number of rotatable bonds is 10. The molecule has 3 atom stereocenters. The zero-order valence-corrected chi connectivity index (χ0v) is 24.1. The molecule has 6 rings (SSSR count). The van der Waals surface area contributed by atoms with Gasteiger partial charge in [-0.05, 0) is 41.0 Å². The van der Waals surface area contributed by atoms with E-state index in [1.807, 2.05) is 78.9 Å². The van der Waals surface area contributed by atoms with Crippen molar-refractivity contribution in [3.63, 3.8) is 0 Å². The Morgan fingerprint density at radius 3 is 2.16 bits per heavy atom. The maximum absolute atomic E-state index is 12.5. The first-order valence-electron chi connectivity index (χ1n) is 13.9. The summed E-state index contributed by atoms with van der Waals surface area (Å²) in [7, 11) is 4.92. The van der Waals surface area contributed by atoms with Crippen LogP contribution in [0.2, 0.25) is 0 Å². The number of hydrogen-bond donors (Lipinski definition) is 3. The third kappa shape index (κ3) is 5.22.